The van der Waals surface area contributed by atoms with Gasteiger partial charge in [0, 0.05) is 36.7 Å². The molecule has 0 saturated carbocycles. The van der Waals surface area contributed by atoms with Gasteiger partial charge in [-0.25, -0.2) is 0 Å². The minimum Gasteiger partial charge on any atom is -0.493 e. The molecule has 0 aliphatic carbocycles. The van der Waals surface area contributed by atoms with Crippen LogP contribution in [0.3, 0.4) is 0 Å². The van der Waals surface area contributed by atoms with Crippen molar-refractivity contribution in [3.63, 3.8) is 0 Å². The summed E-state index contributed by atoms with van der Waals surface area (Å²) in [6, 6.07) is 5.57. The average Bonchev–Trinajstić information content (AvgIpc) is 2.37. The zero-order chi connectivity index (χ0) is 12.8. The van der Waals surface area contributed by atoms with Gasteiger partial charge in [0.15, 0.2) is 0 Å². The first-order valence-corrected chi connectivity index (χ1v) is 6.55. The largest absolute Gasteiger partial charge is 0.493 e. The molecule has 1 aromatic rings. The highest BCUT2D eigenvalue weighted by molar-refractivity contribution is 5.50. The number of ether oxygens (including phenoxy) is 3. The Hall–Kier alpha value is -1.42. The van der Waals surface area contributed by atoms with Gasteiger partial charge in [0.2, 0.25) is 0 Å². The van der Waals surface area contributed by atoms with Crippen LogP contribution < -0.4 is 15.2 Å². The third kappa shape index (κ3) is 3.81. The van der Waals surface area contributed by atoms with E-state index in [2.05, 4.69) is 6.92 Å². The third-order valence-corrected chi connectivity index (χ3v) is 2.85. The highest BCUT2D eigenvalue weighted by Crippen LogP contribution is 2.26. The SMILES string of the molecule is CCCOc1cc(N)cc(OC2CCOCC2)c1. The quantitative estimate of drug-likeness (QED) is 0.817. The molecule has 0 bridgehead atoms. The Kier molecular flexibility index (Phi) is 4.70. The summed E-state index contributed by atoms with van der Waals surface area (Å²) in [6.45, 7) is 4.31. The van der Waals surface area contributed by atoms with Crippen molar-refractivity contribution in [2.75, 3.05) is 25.6 Å². The Bertz CT molecular complexity index is 375. The maximum Gasteiger partial charge on any atom is 0.125 e. The van der Waals surface area contributed by atoms with Crippen molar-refractivity contribution >= 4 is 5.69 Å². The van der Waals surface area contributed by atoms with Gasteiger partial charge in [0.05, 0.1) is 19.8 Å². The van der Waals surface area contributed by atoms with Gasteiger partial charge in [0.25, 0.3) is 0 Å². The number of nitrogen functional groups attached to an aromatic ring is 1. The summed E-state index contributed by atoms with van der Waals surface area (Å²) in [5.41, 5.74) is 6.52. The number of hydrogen-bond acceptors (Lipinski definition) is 4. The maximum absolute atomic E-state index is 5.92. The van der Waals surface area contributed by atoms with Crippen LogP contribution in [0.5, 0.6) is 11.5 Å². The summed E-state index contributed by atoms with van der Waals surface area (Å²) in [7, 11) is 0. The molecule has 1 aliphatic rings. The number of anilines is 1. The fourth-order valence-corrected chi connectivity index (χ4v) is 1.95. The van der Waals surface area contributed by atoms with Crippen molar-refractivity contribution in [2.45, 2.75) is 32.3 Å². The summed E-state index contributed by atoms with van der Waals surface area (Å²) >= 11 is 0. The lowest BCUT2D eigenvalue weighted by Crippen LogP contribution is -2.25. The van der Waals surface area contributed by atoms with Gasteiger partial charge in [-0.2, -0.15) is 0 Å². The van der Waals surface area contributed by atoms with E-state index < -0.39 is 0 Å². The first-order chi connectivity index (χ1) is 8.78. The van der Waals surface area contributed by atoms with Crippen LogP contribution in [0, 0.1) is 0 Å². The van der Waals surface area contributed by atoms with E-state index >= 15 is 0 Å². The zero-order valence-corrected chi connectivity index (χ0v) is 10.9. The van der Waals surface area contributed by atoms with Crippen molar-refractivity contribution in [1.29, 1.82) is 0 Å². The molecule has 1 saturated heterocycles. The Morgan fingerprint density at radius 2 is 1.94 bits per heavy atom. The molecule has 0 atom stereocenters. The Morgan fingerprint density at radius 3 is 2.67 bits per heavy atom. The molecule has 4 nitrogen and oxygen atoms in total. The summed E-state index contributed by atoms with van der Waals surface area (Å²) in [6.07, 6.45) is 3.06. The molecule has 0 unspecified atom stereocenters. The molecule has 1 aliphatic heterocycles. The van der Waals surface area contributed by atoms with Crippen LogP contribution in [0.4, 0.5) is 5.69 Å². The minimum atomic E-state index is 0.222. The first-order valence-electron chi connectivity index (χ1n) is 6.55. The lowest BCUT2D eigenvalue weighted by Gasteiger charge is -2.23. The highest BCUT2D eigenvalue weighted by atomic mass is 16.5. The van der Waals surface area contributed by atoms with Gasteiger partial charge in [-0.15, -0.1) is 0 Å². The molecule has 1 heterocycles. The normalized spacial score (nSPS) is 16.5. The lowest BCUT2D eigenvalue weighted by molar-refractivity contribution is 0.0255. The van der Waals surface area contributed by atoms with E-state index in [0.29, 0.717) is 12.3 Å². The van der Waals surface area contributed by atoms with Gasteiger partial charge < -0.3 is 19.9 Å². The van der Waals surface area contributed by atoms with E-state index in [4.69, 9.17) is 19.9 Å². The Morgan fingerprint density at radius 1 is 1.22 bits per heavy atom. The summed E-state index contributed by atoms with van der Waals surface area (Å²) in [5, 5.41) is 0. The molecule has 2 N–H and O–H groups in total. The van der Waals surface area contributed by atoms with Gasteiger partial charge in [0.1, 0.15) is 17.6 Å². The fraction of sp³-hybridized carbons (Fsp3) is 0.571. The van der Waals surface area contributed by atoms with Gasteiger partial charge >= 0.3 is 0 Å². The summed E-state index contributed by atoms with van der Waals surface area (Å²) in [5.74, 6) is 1.56. The molecule has 1 fully saturated rings. The van der Waals surface area contributed by atoms with E-state index in [1.54, 1.807) is 0 Å². The first kappa shape index (κ1) is 13.0. The molecule has 0 amide bonds. The Balaban J connectivity index is 1.99. The molecular weight excluding hydrogens is 230 g/mol. The van der Waals surface area contributed by atoms with Crippen LogP contribution in [0.1, 0.15) is 26.2 Å². The topological polar surface area (TPSA) is 53.7 Å². The molecule has 2 rings (SSSR count). The number of nitrogens with two attached hydrogens (primary N) is 1. The fourth-order valence-electron chi connectivity index (χ4n) is 1.95. The van der Waals surface area contributed by atoms with Crippen LogP contribution in [-0.4, -0.2) is 25.9 Å². The van der Waals surface area contributed by atoms with Crippen LogP contribution in [0.25, 0.3) is 0 Å². The zero-order valence-electron chi connectivity index (χ0n) is 10.9. The lowest BCUT2D eigenvalue weighted by atomic mass is 10.1. The number of rotatable bonds is 5. The second kappa shape index (κ2) is 6.50. The number of benzene rings is 1. The predicted octanol–water partition coefficient (Wildman–Crippen LogP) is 2.62. The van der Waals surface area contributed by atoms with E-state index in [-0.39, 0.29) is 6.10 Å². The molecule has 100 valence electrons. The molecule has 1 aromatic carbocycles. The standard InChI is InChI=1S/C14H21NO3/c1-2-5-17-13-8-11(15)9-14(10-13)18-12-3-6-16-7-4-12/h8-10,12H,2-7,15H2,1H3. The second-order valence-corrected chi connectivity index (χ2v) is 4.52. The number of hydrogen-bond donors (Lipinski definition) is 1. The predicted molar refractivity (Wildman–Crippen MR) is 71.1 cm³/mol. The van der Waals surface area contributed by atoms with Crippen LogP contribution >= 0.6 is 0 Å². The van der Waals surface area contributed by atoms with Crippen molar-refractivity contribution < 1.29 is 14.2 Å². The Labute approximate surface area is 108 Å². The second-order valence-electron chi connectivity index (χ2n) is 4.52. The van der Waals surface area contributed by atoms with E-state index in [9.17, 15) is 0 Å². The molecule has 0 spiro atoms. The van der Waals surface area contributed by atoms with Crippen molar-refractivity contribution in [3.05, 3.63) is 18.2 Å². The summed E-state index contributed by atoms with van der Waals surface area (Å²) < 4.78 is 16.8. The van der Waals surface area contributed by atoms with E-state index in [1.165, 1.54) is 0 Å². The van der Waals surface area contributed by atoms with Crippen molar-refractivity contribution in [3.8, 4) is 11.5 Å². The molecule has 0 aromatic heterocycles. The summed E-state index contributed by atoms with van der Waals surface area (Å²) in [4.78, 5) is 0. The van der Waals surface area contributed by atoms with E-state index in [1.807, 2.05) is 18.2 Å². The van der Waals surface area contributed by atoms with Crippen LogP contribution in [-0.2, 0) is 4.74 Å². The average molecular weight is 251 g/mol. The third-order valence-electron chi connectivity index (χ3n) is 2.85. The van der Waals surface area contributed by atoms with Gasteiger partial charge in [-0.05, 0) is 6.42 Å². The van der Waals surface area contributed by atoms with Crippen molar-refractivity contribution in [1.82, 2.24) is 0 Å². The van der Waals surface area contributed by atoms with Crippen LogP contribution in [0.15, 0.2) is 18.2 Å². The van der Waals surface area contributed by atoms with Crippen molar-refractivity contribution in [2.24, 2.45) is 0 Å². The van der Waals surface area contributed by atoms with E-state index in [0.717, 1.165) is 44.0 Å². The molecular formula is C14H21NO3. The highest BCUT2D eigenvalue weighted by Gasteiger charge is 2.15. The molecule has 18 heavy (non-hydrogen) atoms. The van der Waals surface area contributed by atoms with Gasteiger partial charge in [-0.3, -0.25) is 0 Å². The smallest absolute Gasteiger partial charge is 0.125 e. The van der Waals surface area contributed by atoms with Gasteiger partial charge in [-0.1, -0.05) is 6.92 Å². The van der Waals surface area contributed by atoms with Crippen LogP contribution in [0.2, 0.25) is 0 Å². The minimum absolute atomic E-state index is 0.222. The monoisotopic (exact) mass is 251 g/mol. The maximum atomic E-state index is 5.92. The molecule has 0 radical (unpaired) electrons. The molecule has 4 heteroatoms.